The van der Waals surface area contributed by atoms with Gasteiger partial charge in [-0.15, -0.1) is 0 Å². The largest absolute Gasteiger partial charge is 0.504 e. The van der Waals surface area contributed by atoms with Crippen LogP contribution < -0.4 is 4.74 Å². The molecule has 0 atom stereocenters. The standard InChI is InChI=1S/C22H16O2/c23-22-19-12-5-4-10-17(19)14-15-21(22)24-20-13-7-6-11-18(20)16-8-2-1-3-9-16/h1-15,23H. The lowest BCUT2D eigenvalue weighted by molar-refractivity contribution is 0.416. The summed E-state index contributed by atoms with van der Waals surface area (Å²) in [4.78, 5) is 0. The van der Waals surface area contributed by atoms with Crippen LogP contribution in [0.2, 0.25) is 0 Å². The van der Waals surface area contributed by atoms with Crippen molar-refractivity contribution >= 4 is 10.8 Å². The molecule has 4 aromatic carbocycles. The van der Waals surface area contributed by atoms with Gasteiger partial charge in [-0.2, -0.15) is 0 Å². The van der Waals surface area contributed by atoms with E-state index < -0.39 is 0 Å². The van der Waals surface area contributed by atoms with Gasteiger partial charge in [0.15, 0.2) is 11.5 Å². The van der Waals surface area contributed by atoms with Crippen LogP contribution in [0, 0.1) is 0 Å². The highest BCUT2D eigenvalue weighted by atomic mass is 16.5. The number of rotatable bonds is 3. The Morgan fingerprint density at radius 2 is 1.29 bits per heavy atom. The van der Waals surface area contributed by atoms with E-state index in [9.17, 15) is 5.11 Å². The smallest absolute Gasteiger partial charge is 0.169 e. The van der Waals surface area contributed by atoms with Gasteiger partial charge in [0.05, 0.1) is 0 Å². The number of para-hydroxylation sites is 1. The summed E-state index contributed by atoms with van der Waals surface area (Å²) in [7, 11) is 0. The molecule has 0 fully saturated rings. The predicted octanol–water partition coefficient (Wildman–Crippen LogP) is 6.00. The van der Waals surface area contributed by atoms with Gasteiger partial charge >= 0.3 is 0 Å². The van der Waals surface area contributed by atoms with Crippen LogP contribution in [0.5, 0.6) is 17.2 Å². The Balaban J connectivity index is 1.78. The third kappa shape index (κ3) is 2.59. The summed E-state index contributed by atoms with van der Waals surface area (Å²) in [6.07, 6.45) is 0. The number of hydrogen-bond acceptors (Lipinski definition) is 2. The fourth-order valence-corrected chi connectivity index (χ4v) is 2.85. The summed E-state index contributed by atoms with van der Waals surface area (Å²) in [6.45, 7) is 0. The average molecular weight is 312 g/mol. The van der Waals surface area contributed by atoms with Gasteiger partial charge in [-0.25, -0.2) is 0 Å². The zero-order valence-corrected chi connectivity index (χ0v) is 13.0. The maximum atomic E-state index is 10.5. The molecule has 0 aliphatic heterocycles. The van der Waals surface area contributed by atoms with Gasteiger partial charge in [0.1, 0.15) is 5.75 Å². The van der Waals surface area contributed by atoms with E-state index in [1.807, 2.05) is 84.9 Å². The van der Waals surface area contributed by atoms with Crippen LogP contribution in [0.3, 0.4) is 0 Å². The highest BCUT2D eigenvalue weighted by molar-refractivity contribution is 5.90. The number of phenols is 1. The Hall–Kier alpha value is -3.26. The number of hydrogen-bond donors (Lipinski definition) is 1. The van der Waals surface area contributed by atoms with Gasteiger partial charge in [-0.3, -0.25) is 0 Å². The summed E-state index contributed by atoms with van der Waals surface area (Å²) in [6, 6.07) is 29.4. The van der Waals surface area contributed by atoms with Crippen LogP contribution in [-0.2, 0) is 0 Å². The van der Waals surface area contributed by atoms with Crippen molar-refractivity contribution in [1.29, 1.82) is 0 Å². The van der Waals surface area contributed by atoms with Crippen LogP contribution in [0.25, 0.3) is 21.9 Å². The third-order valence-corrected chi connectivity index (χ3v) is 4.06. The van der Waals surface area contributed by atoms with Crippen molar-refractivity contribution in [3.63, 3.8) is 0 Å². The van der Waals surface area contributed by atoms with Gasteiger partial charge in [-0.1, -0.05) is 78.9 Å². The Morgan fingerprint density at radius 3 is 2.17 bits per heavy atom. The zero-order chi connectivity index (χ0) is 16.4. The molecule has 0 aliphatic carbocycles. The van der Waals surface area contributed by atoms with Gasteiger partial charge < -0.3 is 9.84 Å². The fourth-order valence-electron chi connectivity index (χ4n) is 2.85. The van der Waals surface area contributed by atoms with E-state index in [1.165, 1.54) is 0 Å². The van der Waals surface area contributed by atoms with Crippen LogP contribution in [0.4, 0.5) is 0 Å². The molecule has 0 unspecified atom stereocenters. The Bertz CT molecular complexity index is 991. The van der Waals surface area contributed by atoms with E-state index in [-0.39, 0.29) is 5.75 Å². The lowest BCUT2D eigenvalue weighted by Gasteiger charge is -2.13. The Kier molecular flexibility index (Phi) is 3.64. The van der Waals surface area contributed by atoms with Crippen LogP contribution >= 0.6 is 0 Å². The van der Waals surface area contributed by atoms with Gasteiger partial charge in [0.25, 0.3) is 0 Å². The van der Waals surface area contributed by atoms with Crippen molar-refractivity contribution in [1.82, 2.24) is 0 Å². The molecule has 2 nitrogen and oxygen atoms in total. The Morgan fingerprint density at radius 1 is 0.583 bits per heavy atom. The minimum atomic E-state index is 0.163. The minimum Gasteiger partial charge on any atom is -0.504 e. The topological polar surface area (TPSA) is 29.5 Å². The van der Waals surface area contributed by atoms with Crippen molar-refractivity contribution in [2.45, 2.75) is 0 Å². The van der Waals surface area contributed by atoms with Crippen LogP contribution in [-0.4, -0.2) is 5.11 Å². The molecule has 0 spiro atoms. The second kappa shape index (κ2) is 6.09. The second-order valence-corrected chi connectivity index (χ2v) is 5.60. The summed E-state index contributed by atoms with van der Waals surface area (Å²) >= 11 is 0. The lowest BCUT2D eigenvalue weighted by Crippen LogP contribution is -1.89. The van der Waals surface area contributed by atoms with Crippen molar-refractivity contribution < 1.29 is 9.84 Å². The number of aromatic hydroxyl groups is 1. The number of ether oxygens (including phenoxy) is 1. The highest BCUT2D eigenvalue weighted by Crippen LogP contribution is 2.40. The molecule has 116 valence electrons. The van der Waals surface area contributed by atoms with Crippen molar-refractivity contribution in [2.24, 2.45) is 0 Å². The lowest BCUT2D eigenvalue weighted by atomic mass is 10.0. The Labute approximate surface area is 140 Å². The SMILES string of the molecule is Oc1c(Oc2ccccc2-c2ccccc2)ccc2ccccc12. The first-order valence-corrected chi connectivity index (χ1v) is 7.86. The quantitative estimate of drug-likeness (QED) is 0.502. The maximum absolute atomic E-state index is 10.5. The molecule has 1 N–H and O–H groups in total. The van der Waals surface area contributed by atoms with Crippen LogP contribution in [0.1, 0.15) is 0 Å². The fraction of sp³-hybridized carbons (Fsp3) is 0. The summed E-state index contributed by atoms with van der Waals surface area (Å²) < 4.78 is 6.05. The monoisotopic (exact) mass is 312 g/mol. The first-order valence-electron chi connectivity index (χ1n) is 7.86. The molecule has 0 aromatic heterocycles. The first kappa shape index (κ1) is 14.3. The van der Waals surface area contributed by atoms with E-state index in [0.29, 0.717) is 11.5 Å². The zero-order valence-electron chi connectivity index (χ0n) is 13.0. The molecule has 0 radical (unpaired) electrons. The van der Waals surface area contributed by atoms with Crippen molar-refractivity contribution in [3.05, 3.63) is 91.0 Å². The molecule has 2 heteroatoms. The molecule has 4 rings (SSSR count). The normalized spacial score (nSPS) is 10.7. The summed E-state index contributed by atoms with van der Waals surface area (Å²) in [5.74, 6) is 1.34. The molecule has 4 aromatic rings. The van der Waals surface area contributed by atoms with Crippen molar-refractivity contribution in [3.8, 4) is 28.4 Å². The van der Waals surface area contributed by atoms with Crippen molar-refractivity contribution in [2.75, 3.05) is 0 Å². The van der Waals surface area contributed by atoms with E-state index in [1.54, 1.807) is 6.07 Å². The third-order valence-electron chi connectivity index (χ3n) is 4.06. The van der Waals surface area contributed by atoms with E-state index >= 15 is 0 Å². The number of benzene rings is 4. The highest BCUT2D eigenvalue weighted by Gasteiger charge is 2.11. The molecule has 0 aliphatic rings. The van der Waals surface area contributed by atoms with Gasteiger partial charge in [0.2, 0.25) is 0 Å². The summed E-state index contributed by atoms with van der Waals surface area (Å²) in [5.41, 5.74) is 2.07. The van der Waals surface area contributed by atoms with E-state index in [2.05, 4.69) is 0 Å². The minimum absolute atomic E-state index is 0.163. The number of phenolic OH excluding ortho intramolecular Hbond substituents is 1. The summed E-state index contributed by atoms with van der Waals surface area (Å²) in [5, 5.41) is 12.3. The molecular weight excluding hydrogens is 296 g/mol. The predicted molar refractivity (Wildman–Crippen MR) is 97.6 cm³/mol. The van der Waals surface area contributed by atoms with Gasteiger partial charge in [-0.05, 0) is 23.1 Å². The molecule has 0 bridgehead atoms. The molecule has 0 amide bonds. The molecule has 0 saturated carbocycles. The maximum Gasteiger partial charge on any atom is 0.169 e. The molecule has 0 heterocycles. The second-order valence-electron chi connectivity index (χ2n) is 5.60. The van der Waals surface area contributed by atoms with E-state index in [0.717, 1.165) is 21.9 Å². The molecule has 24 heavy (non-hydrogen) atoms. The van der Waals surface area contributed by atoms with E-state index in [4.69, 9.17) is 4.74 Å². The first-order chi connectivity index (χ1) is 11.8. The molecule has 0 saturated heterocycles. The number of fused-ring (bicyclic) bond motifs is 1. The van der Waals surface area contributed by atoms with Crippen LogP contribution in [0.15, 0.2) is 91.0 Å². The average Bonchev–Trinajstić information content (AvgIpc) is 2.65. The molecular formula is C22H16O2. The van der Waals surface area contributed by atoms with Gasteiger partial charge in [0, 0.05) is 10.9 Å².